The molecule has 2 rings (SSSR count). The summed E-state index contributed by atoms with van der Waals surface area (Å²) >= 11 is 2.31. The lowest BCUT2D eigenvalue weighted by atomic mass is 10.2. The minimum Gasteiger partial charge on any atom is -0.492 e. The van der Waals surface area contributed by atoms with E-state index in [0.717, 1.165) is 45.0 Å². The van der Waals surface area contributed by atoms with E-state index in [0.29, 0.717) is 6.04 Å². The zero-order chi connectivity index (χ0) is 12.8. The number of ether oxygens (including phenoxy) is 1. The summed E-state index contributed by atoms with van der Waals surface area (Å²) in [4.78, 5) is 2.54. The van der Waals surface area contributed by atoms with E-state index in [9.17, 15) is 0 Å². The molecule has 0 radical (unpaired) electrons. The van der Waals surface area contributed by atoms with Crippen molar-refractivity contribution in [1.82, 2.24) is 10.2 Å². The first kappa shape index (κ1) is 20.2. The first-order valence-electron chi connectivity index (χ1n) is 6.59. The van der Waals surface area contributed by atoms with E-state index in [-0.39, 0.29) is 24.8 Å². The van der Waals surface area contributed by atoms with Gasteiger partial charge in [0.15, 0.2) is 0 Å². The van der Waals surface area contributed by atoms with Crippen molar-refractivity contribution in [3.05, 3.63) is 27.8 Å². The molecule has 6 heteroatoms. The molecule has 1 aliphatic rings. The SMILES string of the molecule is CC1CNCCN1CCCOc1ccccc1I.Cl.Cl. The van der Waals surface area contributed by atoms with Crippen LogP contribution in [-0.2, 0) is 0 Å². The molecule has 0 aliphatic carbocycles. The lowest BCUT2D eigenvalue weighted by molar-refractivity contribution is 0.160. The van der Waals surface area contributed by atoms with Gasteiger partial charge in [-0.3, -0.25) is 4.90 Å². The van der Waals surface area contributed by atoms with Crippen LogP contribution in [0.5, 0.6) is 5.75 Å². The molecule has 1 aromatic carbocycles. The van der Waals surface area contributed by atoms with E-state index in [1.54, 1.807) is 0 Å². The highest BCUT2D eigenvalue weighted by atomic mass is 127. The molecule has 0 amide bonds. The second-order valence-electron chi connectivity index (χ2n) is 4.72. The molecule has 1 N–H and O–H groups in total. The fourth-order valence-electron chi connectivity index (χ4n) is 2.23. The van der Waals surface area contributed by atoms with Crippen LogP contribution in [0.15, 0.2) is 24.3 Å². The number of nitrogens with zero attached hydrogens (tertiary/aromatic N) is 1. The predicted molar refractivity (Wildman–Crippen MR) is 97.7 cm³/mol. The second kappa shape index (κ2) is 10.9. The van der Waals surface area contributed by atoms with Crippen LogP contribution in [0.25, 0.3) is 0 Å². The van der Waals surface area contributed by atoms with Gasteiger partial charge < -0.3 is 10.1 Å². The summed E-state index contributed by atoms with van der Waals surface area (Å²) < 4.78 is 7.00. The van der Waals surface area contributed by atoms with Crippen LogP contribution in [0.2, 0.25) is 0 Å². The molecule has 1 saturated heterocycles. The van der Waals surface area contributed by atoms with Gasteiger partial charge in [0, 0.05) is 32.2 Å². The van der Waals surface area contributed by atoms with Crippen LogP contribution in [0.4, 0.5) is 0 Å². The first-order chi connectivity index (χ1) is 8.77. The van der Waals surface area contributed by atoms with Gasteiger partial charge in [0.1, 0.15) is 5.75 Å². The first-order valence-corrected chi connectivity index (χ1v) is 7.67. The van der Waals surface area contributed by atoms with Gasteiger partial charge in [0.05, 0.1) is 10.2 Å². The molecule has 1 fully saturated rings. The highest BCUT2D eigenvalue weighted by Crippen LogP contribution is 2.19. The van der Waals surface area contributed by atoms with Crippen molar-refractivity contribution in [2.45, 2.75) is 19.4 Å². The number of halogens is 3. The quantitative estimate of drug-likeness (QED) is 0.571. The monoisotopic (exact) mass is 432 g/mol. The number of rotatable bonds is 5. The molecule has 1 atom stereocenters. The summed E-state index contributed by atoms with van der Waals surface area (Å²) in [6, 6.07) is 8.83. The van der Waals surface area contributed by atoms with Crippen LogP contribution in [0.3, 0.4) is 0 Å². The molecule has 3 nitrogen and oxygen atoms in total. The third-order valence-electron chi connectivity index (χ3n) is 3.32. The largest absolute Gasteiger partial charge is 0.492 e. The third-order valence-corrected chi connectivity index (χ3v) is 4.21. The summed E-state index contributed by atoms with van der Waals surface area (Å²) in [6.07, 6.45) is 1.09. The molecule has 0 saturated carbocycles. The normalized spacial score (nSPS) is 18.8. The van der Waals surface area contributed by atoms with Crippen LogP contribution >= 0.6 is 47.4 Å². The molecule has 0 aromatic heterocycles. The van der Waals surface area contributed by atoms with Crippen molar-refractivity contribution < 1.29 is 4.74 Å². The summed E-state index contributed by atoms with van der Waals surface area (Å²) in [7, 11) is 0. The highest BCUT2D eigenvalue weighted by Gasteiger charge is 2.16. The molecule has 116 valence electrons. The van der Waals surface area contributed by atoms with Gasteiger partial charge in [-0.2, -0.15) is 0 Å². The van der Waals surface area contributed by atoms with Crippen molar-refractivity contribution in [2.24, 2.45) is 0 Å². The fourth-order valence-corrected chi connectivity index (χ4v) is 2.77. The maximum Gasteiger partial charge on any atom is 0.132 e. The Balaban J connectivity index is 0.00000180. The zero-order valence-electron chi connectivity index (χ0n) is 11.7. The van der Waals surface area contributed by atoms with Gasteiger partial charge in [0.25, 0.3) is 0 Å². The number of hydrogen-bond acceptors (Lipinski definition) is 3. The smallest absolute Gasteiger partial charge is 0.132 e. The van der Waals surface area contributed by atoms with E-state index in [4.69, 9.17) is 4.74 Å². The van der Waals surface area contributed by atoms with Crippen molar-refractivity contribution in [2.75, 3.05) is 32.8 Å². The van der Waals surface area contributed by atoms with Gasteiger partial charge in [-0.25, -0.2) is 0 Å². The maximum atomic E-state index is 5.81. The van der Waals surface area contributed by atoms with Gasteiger partial charge in [-0.15, -0.1) is 24.8 Å². The number of benzene rings is 1. The Labute approximate surface area is 147 Å². The average Bonchev–Trinajstić information content (AvgIpc) is 2.38. The lowest BCUT2D eigenvalue weighted by Crippen LogP contribution is -2.50. The van der Waals surface area contributed by atoms with Crippen molar-refractivity contribution in [3.8, 4) is 5.75 Å². The van der Waals surface area contributed by atoms with Crippen LogP contribution < -0.4 is 10.1 Å². The third kappa shape index (κ3) is 6.35. The number of piperazine rings is 1. The summed E-state index contributed by atoms with van der Waals surface area (Å²) in [5.41, 5.74) is 0. The molecule has 0 spiro atoms. The number of hydrogen-bond donors (Lipinski definition) is 1. The van der Waals surface area contributed by atoms with E-state index < -0.39 is 0 Å². The highest BCUT2D eigenvalue weighted by molar-refractivity contribution is 14.1. The summed E-state index contributed by atoms with van der Waals surface area (Å²) in [5, 5.41) is 3.41. The minimum absolute atomic E-state index is 0. The zero-order valence-corrected chi connectivity index (χ0v) is 15.5. The molecule has 1 unspecified atom stereocenters. The van der Waals surface area contributed by atoms with Crippen molar-refractivity contribution in [1.29, 1.82) is 0 Å². The van der Waals surface area contributed by atoms with E-state index in [1.807, 2.05) is 18.2 Å². The van der Waals surface area contributed by atoms with Gasteiger partial charge in [-0.05, 0) is 48.1 Å². The minimum atomic E-state index is 0. The Hall–Kier alpha value is 0.250. The molecule has 1 aromatic rings. The molecule has 1 aliphatic heterocycles. The van der Waals surface area contributed by atoms with E-state index >= 15 is 0 Å². The summed E-state index contributed by atoms with van der Waals surface area (Å²) in [6.45, 7) is 7.60. The Morgan fingerprint density at radius 3 is 2.80 bits per heavy atom. The van der Waals surface area contributed by atoms with Gasteiger partial charge >= 0.3 is 0 Å². The second-order valence-corrected chi connectivity index (χ2v) is 5.88. The average molecular weight is 433 g/mol. The van der Waals surface area contributed by atoms with Crippen LogP contribution in [-0.4, -0.2) is 43.7 Å². The molecule has 1 heterocycles. The summed E-state index contributed by atoms with van der Waals surface area (Å²) in [5.74, 6) is 1.01. The Morgan fingerprint density at radius 1 is 1.35 bits per heavy atom. The standard InChI is InChI=1S/C14H21IN2O.2ClH/c1-12-11-16-7-9-17(12)8-4-10-18-14-6-3-2-5-13(14)15;;/h2-3,5-6,12,16H,4,7-11H2,1H3;2*1H. The Morgan fingerprint density at radius 2 is 2.10 bits per heavy atom. The lowest BCUT2D eigenvalue weighted by Gasteiger charge is -2.33. The molecular formula is C14H23Cl2IN2O. The van der Waals surface area contributed by atoms with Crippen LogP contribution in [0, 0.1) is 3.57 Å². The fraction of sp³-hybridized carbons (Fsp3) is 0.571. The Kier molecular flexibility index (Phi) is 11.0. The molecular weight excluding hydrogens is 410 g/mol. The Bertz CT molecular complexity index is 382. The van der Waals surface area contributed by atoms with Crippen molar-refractivity contribution >= 4 is 47.4 Å². The van der Waals surface area contributed by atoms with Gasteiger partial charge in [0.2, 0.25) is 0 Å². The molecule has 20 heavy (non-hydrogen) atoms. The van der Waals surface area contributed by atoms with E-state index in [2.05, 4.69) is 45.8 Å². The number of nitrogens with one attached hydrogen (secondary N) is 1. The van der Waals surface area contributed by atoms with Crippen LogP contribution in [0.1, 0.15) is 13.3 Å². The predicted octanol–water partition coefficient (Wildman–Crippen LogP) is 3.20. The van der Waals surface area contributed by atoms with E-state index in [1.165, 1.54) is 3.57 Å². The van der Waals surface area contributed by atoms with Crippen molar-refractivity contribution in [3.63, 3.8) is 0 Å². The van der Waals surface area contributed by atoms with Gasteiger partial charge in [-0.1, -0.05) is 12.1 Å². The molecule has 0 bridgehead atoms. The topological polar surface area (TPSA) is 24.5 Å². The number of para-hydroxylation sites is 1. The maximum absolute atomic E-state index is 5.81.